The van der Waals surface area contributed by atoms with Crippen LogP contribution >= 0.6 is 11.6 Å². The molecule has 8 heteroatoms. The third-order valence-electron chi connectivity index (χ3n) is 4.39. The van der Waals surface area contributed by atoms with Crippen molar-refractivity contribution in [1.29, 1.82) is 0 Å². The maximum absolute atomic E-state index is 13.5. The summed E-state index contributed by atoms with van der Waals surface area (Å²) in [6.45, 7) is 3.16. The van der Waals surface area contributed by atoms with Crippen molar-refractivity contribution in [3.63, 3.8) is 0 Å². The number of carbonyl (C=O) groups excluding carboxylic acids is 1. The number of amides is 2. The van der Waals surface area contributed by atoms with Crippen LogP contribution in [0.3, 0.4) is 0 Å². The molecule has 142 valence electrons. The molecule has 2 heterocycles. The molecule has 1 aromatic heterocycles. The van der Waals surface area contributed by atoms with E-state index < -0.39 is 0 Å². The van der Waals surface area contributed by atoms with Gasteiger partial charge in [-0.05, 0) is 36.1 Å². The summed E-state index contributed by atoms with van der Waals surface area (Å²) in [6.07, 6.45) is 5.55. The van der Waals surface area contributed by atoms with E-state index in [0.717, 1.165) is 11.1 Å². The lowest BCUT2D eigenvalue weighted by Gasteiger charge is -2.33. The number of hydrogen-bond donors (Lipinski definition) is 1. The second kappa shape index (κ2) is 8.35. The highest BCUT2D eigenvalue weighted by molar-refractivity contribution is 6.30. The molecule has 2 amide bonds. The number of methoxy groups -OCH3 is 1. The maximum atomic E-state index is 13.5. The lowest BCUT2D eigenvalue weighted by molar-refractivity contribution is 0.197. The van der Waals surface area contributed by atoms with Gasteiger partial charge in [-0.15, -0.1) is 0 Å². The number of anilines is 1. The van der Waals surface area contributed by atoms with Gasteiger partial charge in [0.2, 0.25) is 5.88 Å². The molecule has 1 aromatic carbocycles. The molecule has 2 aromatic rings. The smallest absolute Gasteiger partial charge is 0.323 e. The average molecular weight is 391 g/mol. The summed E-state index contributed by atoms with van der Waals surface area (Å²) in [5, 5.41) is 3.10. The minimum Gasteiger partial charge on any atom is -0.480 e. The normalized spacial score (nSPS) is 18.4. The molecule has 0 bridgehead atoms. The molecule has 1 atom stereocenters. The van der Waals surface area contributed by atoms with E-state index >= 15 is 0 Å². The Morgan fingerprint density at radius 3 is 2.81 bits per heavy atom. The van der Waals surface area contributed by atoms with Gasteiger partial charge in [0.15, 0.2) is 5.82 Å². The number of piperidine rings is 1. The predicted molar refractivity (Wildman–Crippen MR) is 102 cm³/mol. The van der Waals surface area contributed by atoms with Crippen molar-refractivity contribution in [3.05, 3.63) is 52.6 Å². The Balaban J connectivity index is 1.63. The Bertz CT molecular complexity index is 837. The van der Waals surface area contributed by atoms with Crippen molar-refractivity contribution in [1.82, 2.24) is 14.9 Å². The van der Waals surface area contributed by atoms with Crippen LogP contribution in [0.25, 0.3) is 6.08 Å². The van der Waals surface area contributed by atoms with Crippen LogP contribution in [-0.4, -0.2) is 41.1 Å². The molecule has 0 radical (unpaired) electrons. The van der Waals surface area contributed by atoms with E-state index in [4.69, 9.17) is 16.3 Å². The summed E-state index contributed by atoms with van der Waals surface area (Å²) < 4.78 is 18.5. The molecule has 1 aliphatic rings. The number of ether oxygens (including phenoxy) is 1. The lowest BCUT2D eigenvalue weighted by Crippen LogP contribution is -2.42. The highest BCUT2D eigenvalue weighted by atomic mass is 35.5. The Hall–Kier alpha value is -2.67. The third kappa shape index (κ3) is 4.95. The molecule has 6 nitrogen and oxygen atoms in total. The number of nitrogens with one attached hydrogen (secondary N) is 1. The number of aromatic nitrogens is 2. The van der Waals surface area contributed by atoms with E-state index in [0.29, 0.717) is 36.2 Å². The summed E-state index contributed by atoms with van der Waals surface area (Å²) >= 11 is 5.92. The fourth-order valence-corrected chi connectivity index (χ4v) is 3.23. The quantitative estimate of drug-likeness (QED) is 0.851. The van der Waals surface area contributed by atoms with E-state index in [-0.39, 0.29) is 17.8 Å². The molecular formula is C19H20ClFN4O2. The number of urea groups is 1. The summed E-state index contributed by atoms with van der Waals surface area (Å²) in [6, 6.07) is 4.23. The highest BCUT2D eigenvalue weighted by Crippen LogP contribution is 2.26. The number of rotatable bonds is 3. The molecule has 3 rings (SSSR count). The fourth-order valence-electron chi connectivity index (χ4n) is 3.00. The summed E-state index contributed by atoms with van der Waals surface area (Å²) in [5.74, 6) is 0.531. The van der Waals surface area contributed by atoms with Crippen molar-refractivity contribution in [2.24, 2.45) is 5.92 Å². The van der Waals surface area contributed by atoms with E-state index in [1.165, 1.54) is 31.6 Å². The molecule has 0 spiro atoms. The monoisotopic (exact) mass is 390 g/mol. The van der Waals surface area contributed by atoms with Crippen LogP contribution in [-0.2, 0) is 0 Å². The van der Waals surface area contributed by atoms with Gasteiger partial charge in [-0.1, -0.05) is 30.2 Å². The van der Waals surface area contributed by atoms with Gasteiger partial charge in [-0.3, -0.25) is 5.32 Å². The Morgan fingerprint density at radius 1 is 1.37 bits per heavy atom. The summed E-state index contributed by atoms with van der Waals surface area (Å²) in [4.78, 5) is 22.3. The molecule has 1 fully saturated rings. The van der Waals surface area contributed by atoms with E-state index in [1.54, 1.807) is 11.0 Å². The van der Waals surface area contributed by atoms with Gasteiger partial charge in [0, 0.05) is 18.1 Å². The molecular weight excluding hydrogens is 371 g/mol. The molecule has 1 unspecified atom stereocenters. The fraction of sp³-hybridized carbons (Fsp3) is 0.316. The molecule has 0 saturated carbocycles. The SMILES string of the molecule is COc1cnc(NC(=O)N2CC/C(=C\c3cc(F)cc(Cl)c3)C(C)C2)cn1. The standard InChI is InChI=1S/C19H20ClFN4O2/c1-12-11-25(19(26)24-17-9-23-18(27-2)10-22-17)4-3-14(12)5-13-6-15(20)8-16(21)7-13/h5-10,12H,3-4,11H2,1-2H3,(H,22,24,26)/b14-5+. The van der Waals surface area contributed by atoms with Gasteiger partial charge in [0.1, 0.15) is 5.82 Å². The van der Waals surface area contributed by atoms with Crippen molar-refractivity contribution in [2.45, 2.75) is 13.3 Å². The largest absolute Gasteiger partial charge is 0.480 e. The molecule has 1 N–H and O–H groups in total. The summed E-state index contributed by atoms with van der Waals surface area (Å²) in [7, 11) is 1.50. The number of hydrogen-bond acceptors (Lipinski definition) is 4. The minimum atomic E-state index is -0.362. The van der Waals surface area contributed by atoms with Crippen LogP contribution in [0.15, 0.2) is 36.2 Å². The third-order valence-corrected chi connectivity index (χ3v) is 4.61. The molecule has 27 heavy (non-hydrogen) atoms. The summed E-state index contributed by atoms with van der Waals surface area (Å²) in [5.41, 5.74) is 1.89. The minimum absolute atomic E-state index is 0.147. The van der Waals surface area contributed by atoms with Gasteiger partial charge < -0.3 is 9.64 Å². The number of halogens is 2. The van der Waals surface area contributed by atoms with Crippen LogP contribution < -0.4 is 10.1 Å². The van der Waals surface area contributed by atoms with Crippen LogP contribution in [0.2, 0.25) is 5.02 Å². The van der Waals surface area contributed by atoms with Crippen LogP contribution in [0.1, 0.15) is 18.9 Å². The van der Waals surface area contributed by atoms with Gasteiger partial charge in [-0.25, -0.2) is 19.2 Å². The zero-order valence-electron chi connectivity index (χ0n) is 15.1. The van der Waals surface area contributed by atoms with E-state index in [9.17, 15) is 9.18 Å². The van der Waals surface area contributed by atoms with Gasteiger partial charge >= 0.3 is 6.03 Å². The number of benzene rings is 1. The highest BCUT2D eigenvalue weighted by Gasteiger charge is 2.24. The van der Waals surface area contributed by atoms with Crippen molar-refractivity contribution < 1.29 is 13.9 Å². The number of likely N-dealkylation sites (tertiary alicyclic amines) is 1. The molecule has 0 aliphatic carbocycles. The topological polar surface area (TPSA) is 67.3 Å². The molecule has 1 saturated heterocycles. The zero-order chi connectivity index (χ0) is 19.4. The second-order valence-electron chi connectivity index (χ2n) is 6.39. The Morgan fingerprint density at radius 2 is 2.19 bits per heavy atom. The number of nitrogens with zero attached hydrogens (tertiary/aromatic N) is 3. The predicted octanol–water partition coefficient (Wildman–Crippen LogP) is 4.24. The van der Waals surface area contributed by atoms with Crippen molar-refractivity contribution in [2.75, 3.05) is 25.5 Å². The number of carbonyl (C=O) groups is 1. The van der Waals surface area contributed by atoms with Crippen LogP contribution in [0, 0.1) is 11.7 Å². The maximum Gasteiger partial charge on any atom is 0.323 e. The van der Waals surface area contributed by atoms with E-state index in [1.807, 2.05) is 13.0 Å². The van der Waals surface area contributed by atoms with Crippen LogP contribution in [0.4, 0.5) is 15.0 Å². The van der Waals surface area contributed by atoms with Crippen molar-refractivity contribution >= 4 is 29.5 Å². The van der Waals surface area contributed by atoms with Gasteiger partial charge in [-0.2, -0.15) is 0 Å². The Labute approximate surface area is 162 Å². The van der Waals surface area contributed by atoms with Crippen LogP contribution in [0.5, 0.6) is 5.88 Å². The van der Waals surface area contributed by atoms with Gasteiger partial charge in [0.25, 0.3) is 0 Å². The first kappa shape index (κ1) is 19.1. The first-order valence-electron chi connectivity index (χ1n) is 8.53. The van der Waals surface area contributed by atoms with E-state index in [2.05, 4.69) is 15.3 Å². The van der Waals surface area contributed by atoms with Crippen molar-refractivity contribution in [3.8, 4) is 5.88 Å². The average Bonchev–Trinajstić information content (AvgIpc) is 2.63. The second-order valence-corrected chi connectivity index (χ2v) is 6.83. The Kier molecular flexibility index (Phi) is 5.91. The first-order chi connectivity index (χ1) is 12.9. The lowest BCUT2D eigenvalue weighted by atomic mass is 9.91. The first-order valence-corrected chi connectivity index (χ1v) is 8.91. The molecule has 1 aliphatic heterocycles. The zero-order valence-corrected chi connectivity index (χ0v) is 15.8. The van der Waals surface area contributed by atoms with Gasteiger partial charge in [0.05, 0.1) is 19.5 Å².